The van der Waals surface area contributed by atoms with Crippen molar-refractivity contribution in [2.45, 2.75) is 20.8 Å². The lowest BCUT2D eigenvalue weighted by atomic mass is 10.1. The number of nitrogens with one attached hydrogen (secondary N) is 1. The highest BCUT2D eigenvalue weighted by molar-refractivity contribution is 7.16. The molecule has 1 N–H and O–H groups in total. The molecule has 0 bridgehead atoms. The van der Waals surface area contributed by atoms with Crippen molar-refractivity contribution in [3.63, 3.8) is 0 Å². The minimum atomic E-state index is -0.249. The fraction of sp³-hybridized carbons (Fsp3) is 0.500. The quantitative estimate of drug-likeness (QED) is 0.836. The molecule has 1 heterocycles. The third-order valence-electron chi connectivity index (χ3n) is 2.67. The van der Waals surface area contributed by atoms with Gasteiger partial charge in [-0.05, 0) is 19.4 Å². The largest absolute Gasteiger partial charge is 0.469 e. The van der Waals surface area contributed by atoms with E-state index in [-0.39, 0.29) is 11.9 Å². The van der Waals surface area contributed by atoms with E-state index in [1.165, 1.54) is 7.11 Å². The number of carbonyl (C=O) groups is 1. The lowest BCUT2D eigenvalue weighted by Crippen LogP contribution is -2.21. The van der Waals surface area contributed by atoms with Crippen LogP contribution in [-0.4, -0.2) is 19.6 Å². The van der Waals surface area contributed by atoms with Crippen LogP contribution in [0.25, 0.3) is 0 Å². The summed E-state index contributed by atoms with van der Waals surface area (Å²) in [5, 5.41) is 13.0. The Morgan fingerprint density at radius 3 is 2.76 bits per heavy atom. The highest BCUT2D eigenvalue weighted by Gasteiger charge is 2.16. The smallest absolute Gasteiger partial charge is 0.310 e. The van der Waals surface area contributed by atoms with Crippen LogP contribution in [-0.2, 0) is 9.53 Å². The van der Waals surface area contributed by atoms with Crippen LogP contribution in [0, 0.1) is 31.1 Å². The van der Waals surface area contributed by atoms with Crippen LogP contribution < -0.4 is 5.32 Å². The minimum absolute atomic E-state index is 0.228. The molecule has 1 aromatic rings. The third-order valence-corrected chi connectivity index (χ3v) is 3.83. The molecule has 0 aliphatic carbocycles. The molecule has 1 rings (SSSR count). The summed E-state index contributed by atoms with van der Waals surface area (Å²) in [7, 11) is 1.37. The summed E-state index contributed by atoms with van der Waals surface area (Å²) >= 11 is 1.54. The average molecular weight is 252 g/mol. The van der Waals surface area contributed by atoms with E-state index in [1.54, 1.807) is 18.3 Å². The Kier molecular flexibility index (Phi) is 4.53. The van der Waals surface area contributed by atoms with Gasteiger partial charge >= 0.3 is 5.97 Å². The van der Waals surface area contributed by atoms with Crippen LogP contribution in [0.15, 0.2) is 0 Å². The van der Waals surface area contributed by atoms with Crippen molar-refractivity contribution in [3.05, 3.63) is 16.0 Å². The van der Waals surface area contributed by atoms with Crippen molar-refractivity contribution in [1.29, 1.82) is 5.26 Å². The molecule has 0 radical (unpaired) electrons. The first-order valence-corrected chi connectivity index (χ1v) is 6.14. The fourth-order valence-electron chi connectivity index (χ4n) is 1.42. The van der Waals surface area contributed by atoms with E-state index < -0.39 is 0 Å². The molecule has 5 heteroatoms. The summed E-state index contributed by atoms with van der Waals surface area (Å²) in [6.07, 6.45) is 0. The van der Waals surface area contributed by atoms with Crippen LogP contribution >= 0.6 is 11.3 Å². The maximum absolute atomic E-state index is 11.2. The second-order valence-electron chi connectivity index (χ2n) is 3.90. The fourth-order valence-corrected chi connectivity index (χ4v) is 2.43. The number of rotatable bonds is 4. The van der Waals surface area contributed by atoms with Crippen LogP contribution in [0.2, 0.25) is 0 Å². The van der Waals surface area contributed by atoms with Gasteiger partial charge in [0, 0.05) is 11.4 Å². The Morgan fingerprint density at radius 1 is 1.59 bits per heavy atom. The highest BCUT2D eigenvalue weighted by Crippen LogP contribution is 2.31. The summed E-state index contributed by atoms with van der Waals surface area (Å²) in [5.74, 6) is -0.477. The summed E-state index contributed by atoms with van der Waals surface area (Å²) in [4.78, 5) is 12.4. The molecule has 0 saturated carbocycles. The number of thiophene rings is 1. The molecule has 1 unspecified atom stereocenters. The van der Waals surface area contributed by atoms with Crippen LogP contribution in [0.4, 0.5) is 5.00 Å². The van der Waals surface area contributed by atoms with Gasteiger partial charge in [0.2, 0.25) is 0 Å². The monoisotopic (exact) mass is 252 g/mol. The maximum atomic E-state index is 11.2. The van der Waals surface area contributed by atoms with E-state index in [9.17, 15) is 4.79 Å². The molecule has 0 amide bonds. The van der Waals surface area contributed by atoms with Crippen molar-refractivity contribution < 1.29 is 9.53 Å². The van der Waals surface area contributed by atoms with E-state index in [4.69, 9.17) is 5.26 Å². The van der Waals surface area contributed by atoms with Crippen molar-refractivity contribution in [2.24, 2.45) is 5.92 Å². The van der Waals surface area contributed by atoms with Crippen LogP contribution in [0.5, 0.6) is 0 Å². The third kappa shape index (κ3) is 2.98. The molecule has 0 aliphatic rings. The van der Waals surface area contributed by atoms with E-state index in [1.807, 2.05) is 13.8 Å². The second kappa shape index (κ2) is 5.69. The first-order valence-electron chi connectivity index (χ1n) is 5.33. The Balaban J connectivity index is 2.74. The van der Waals surface area contributed by atoms with Gasteiger partial charge in [0.25, 0.3) is 0 Å². The number of nitrogens with zero attached hydrogens (tertiary/aromatic N) is 1. The molecule has 17 heavy (non-hydrogen) atoms. The number of ether oxygens (including phenoxy) is 1. The summed E-state index contributed by atoms with van der Waals surface area (Å²) in [6, 6.07) is 2.18. The van der Waals surface area contributed by atoms with Gasteiger partial charge in [-0.2, -0.15) is 5.26 Å². The topological polar surface area (TPSA) is 62.1 Å². The molecule has 92 valence electrons. The predicted molar refractivity (Wildman–Crippen MR) is 68.2 cm³/mol. The Labute approximate surface area is 105 Å². The second-order valence-corrected chi connectivity index (χ2v) is 5.13. The molecule has 0 saturated heterocycles. The number of carbonyl (C=O) groups excluding carboxylic acids is 1. The van der Waals surface area contributed by atoms with Gasteiger partial charge < -0.3 is 10.1 Å². The molecular weight excluding hydrogens is 236 g/mol. The van der Waals surface area contributed by atoms with Crippen LogP contribution in [0.3, 0.4) is 0 Å². The Morgan fingerprint density at radius 2 is 2.24 bits per heavy atom. The first-order chi connectivity index (χ1) is 8.01. The normalized spacial score (nSPS) is 11.7. The van der Waals surface area contributed by atoms with Crippen LogP contribution in [0.1, 0.15) is 22.9 Å². The van der Waals surface area contributed by atoms with E-state index >= 15 is 0 Å². The highest BCUT2D eigenvalue weighted by atomic mass is 32.1. The van der Waals surface area contributed by atoms with Gasteiger partial charge in [0.05, 0.1) is 18.6 Å². The van der Waals surface area contributed by atoms with Crippen molar-refractivity contribution in [3.8, 4) is 6.07 Å². The maximum Gasteiger partial charge on any atom is 0.310 e. The molecule has 0 aromatic carbocycles. The SMILES string of the molecule is COC(=O)C(C)CNc1sc(C)c(C)c1C#N. The lowest BCUT2D eigenvalue weighted by Gasteiger charge is -2.10. The van der Waals surface area contributed by atoms with Gasteiger partial charge in [-0.15, -0.1) is 11.3 Å². The standard InChI is InChI=1S/C12H16N2O2S/c1-7(12(15)16-4)6-14-11-10(5-13)8(2)9(3)17-11/h7,14H,6H2,1-4H3. The van der Waals surface area contributed by atoms with Crippen molar-refractivity contribution >= 4 is 22.3 Å². The molecule has 1 aromatic heterocycles. The number of methoxy groups -OCH3 is 1. The summed E-state index contributed by atoms with van der Waals surface area (Å²) in [5.41, 5.74) is 1.68. The van der Waals surface area contributed by atoms with Crippen molar-refractivity contribution in [1.82, 2.24) is 0 Å². The zero-order chi connectivity index (χ0) is 13.0. The van der Waals surface area contributed by atoms with E-state index in [0.717, 1.165) is 15.4 Å². The number of esters is 1. The van der Waals surface area contributed by atoms with Gasteiger partial charge in [0.15, 0.2) is 0 Å². The van der Waals surface area contributed by atoms with Gasteiger partial charge in [-0.1, -0.05) is 6.92 Å². The molecule has 0 spiro atoms. The zero-order valence-corrected chi connectivity index (χ0v) is 11.3. The number of nitriles is 1. The Hall–Kier alpha value is -1.54. The lowest BCUT2D eigenvalue weighted by molar-refractivity contribution is -0.144. The van der Waals surface area contributed by atoms with Gasteiger partial charge in [-0.3, -0.25) is 4.79 Å². The summed E-state index contributed by atoms with van der Waals surface area (Å²) in [6.45, 7) is 6.17. The van der Waals surface area contributed by atoms with E-state index in [0.29, 0.717) is 12.1 Å². The molecule has 4 nitrogen and oxygen atoms in total. The molecule has 1 atom stereocenters. The number of hydrogen-bond donors (Lipinski definition) is 1. The first kappa shape index (κ1) is 13.5. The number of anilines is 1. The molecular formula is C12H16N2O2S. The minimum Gasteiger partial charge on any atom is -0.469 e. The average Bonchev–Trinajstić information content (AvgIpc) is 2.60. The Bertz CT molecular complexity index is 460. The van der Waals surface area contributed by atoms with E-state index in [2.05, 4.69) is 16.1 Å². The summed E-state index contributed by atoms with van der Waals surface area (Å²) < 4.78 is 4.65. The molecule has 0 fully saturated rings. The van der Waals surface area contributed by atoms with Crippen molar-refractivity contribution in [2.75, 3.05) is 19.0 Å². The number of hydrogen-bond acceptors (Lipinski definition) is 5. The molecule has 0 aliphatic heterocycles. The van der Waals surface area contributed by atoms with Gasteiger partial charge in [0.1, 0.15) is 11.1 Å². The predicted octanol–water partition coefficient (Wildman–Crippen LogP) is 2.46. The number of aryl methyl sites for hydroxylation is 1. The van der Waals surface area contributed by atoms with Gasteiger partial charge in [-0.25, -0.2) is 0 Å². The zero-order valence-electron chi connectivity index (χ0n) is 10.5.